The molecule has 21 heavy (non-hydrogen) atoms. The van der Waals surface area contributed by atoms with Gasteiger partial charge in [0.25, 0.3) is 5.56 Å². The van der Waals surface area contributed by atoms with Gasteiger partial charge in [-0.15, -0.1) is 0 Å². The second kappa shape index (κ2) is 5.78. The highest BCUT2D eigenvalue weighted by molar-refractivity contribution is 5.90. The summed E-state index contributed by atoms with van der Waals surface area (Å²) in [7, 11) is 0. The van der Waals surface area contributed by atoms with Crippen LogP contribution in [0.15, 0.2) is 47.7 Å². The molecule has 2 aromatic heterocycles. The zero-order chi connectivity index (χ0) is 15.5. The van der Waals surface area contributed by atoms with Crippen molar-refractivity contribution in [1.29, 1.82) is 0 Å². The fourth-order valence-electron chi connectivity index (χ4n) is 1.61. The molecule has 0 aromatic carbocycles. The van der Waals surface area contributed by atoms with Crippen molar-refractivity contribution in [2.24, 2.45) is 0 Å². The molecule has 2 aromatic rings. The highest BCUT2D eigenvalue weighted by atomic mass is 19.4. The molecule has 2 rings (SSSR count). The quantitative estimate of drug-likeness (QED) is 0.941. The smallest absolute Gasteiger partial charge is 0.324 e. The third-order valence-electron chi connectivity index (χ3n) is 2.59. The summed E-state index contributed by atoms with van der Waals surface area (Å²) in [5.41, 5.74) is -1.23. The maximum atomic E-state index is 12.6. The van der Waals surface area contributed by atoms with Crippen molar-refractivity contribution in [1.82, 2.24) is 9.55 Å². The van der Waals surface area contributed by atoms with Crippen molar-refractivity contribution in [2.45, 2.75) is 12.7 Å². The van der Waals surface area contributed by atoms with Crippen molar-refractivity contribution >= 4 is 11.6 Å². The summed E-state index contributed by atoms with van der Waals surface area (Å²) in [4.78, 5) is 27.0. The Bertz CT molecular complexity index is 696. The molecule has 0 radical (unpaired) electrons. The molecule has 0 saturated carbocycles. The summed E-state index contributed by atoms with van der Waals surface area (Å²) in [5, 5.41) is 2.46. The van der Waals surface area contributed by atoms with Gasteiger partial charge in [0, 0.05) is 30.3 Å². The van der Waals surface area contributed by atoms with E-state index in [1.807, 2.05) is 0 Å². The summed E-state index contributed by atoms with van der Waals surface area (Å²) in [6.07, 6.45) is -1.05. The number of hydrogen-bond donors (Lipinski definition) is 1. The van der Waals surface area contributed by atoms with E-state index >= 15 is 0 Å². The Morgan fingerprint density at radius 1 is 1.19 bits per heavy atom. The third kappa shape index (κ3) is 3.91. The van der Waals surface area contributed by atoms with Crippen molar-refractivity contribution < 1.29 is 18.0 Å². The van der Waals surface area contributed by atoms with E-state index in [0.29, 0.717) is 22.5 Å². The number of hydrogen-bond acceptors (Lipinski definition) is 3. The van der Waals surface area contributed by atoms with Crippen LogP contribution >= 0.6 is 0 Å². The normalized spacial score (nSPS) is 11.2. The predicted octanol–water partition coefficient (Wildman–Crippen LogP) is 1.90. The Morgan fingerprint density at radius 2 is 1.86 bits per heavy atom. The van der Waals surface area contributed by atoms with Gasteiger partial charge in [0.15, 0.2) is 0 Å². The van der Waals surface area contributed by atoms with Gasteiger partial charge in [-0.25, -0.2) is 0 Å². The second-order valence-electron chi connectivity index (χ2n) is 4.17. The number of carbonyl (C=O) groups excluding carboxylic acids is 1. The maximum absolute atomic E-state index is 12.6. The largest absolute Gasteiger partial charge is 0.417 e. The summed E-state index contributed by atoms with van der Waals surface area (Å²) in [5.74, 6) is -0.609. The van der Waals surface area contributed by atoms with Crippen LogP contribution in [0.1, 0.15) is 5.56 Å². The standard InChI is InChI=1S/C13H10F3N3O2/c14-13(15,16)9-1-2-12(21)19(7-9)8-11(20)18-10-3-5-17-6-4-10/h1-7H,8H2,(H,17,18,20). The third-order valence-corrected chi connectivity index (χ3v) is 2.59. The molecular formula is C13H10F3N3O2. The molecule has 0 aliphatic rings. The summed E-state index contributed by atoms with van der Waals surface area (Å²) in [6, 6.07) is 4.50. The minimum atomic E-state index is -4.57. The van der Waals surface area contributed by atoms with Crippen molar-refractivity contribution in [3.8, 4) is 0 Å². The number of rotatable bonds is 3. The first-order valence-electron chi connectivity index (χ1n) is 5.84. The minimum Gasteiger partial charge on any atom is -0.324 e. The molecule has 0 saturated heterocycles. The molecule has 1 N–H and O–H groups in total. The lowest BCUT2D eigenvalue weighted by atomic mass is 10.2. The topological polar surface area (TPSA) is 64.0 Å². The lowest BCUT2D eigenvalue weighted by Gasteiger charge is -2.10. The lowest BCUT2D eigenvalue weighted by molar-refractivity contribution is -0.138. The Hall–Kier alpha value is -2.64. The number of carbonyl (C=O) groups is 1. The molecule has 8 heteroatoms. The van der Waals surface area contributed by atoms with Crippen LogP contribution in [-0.2, 0) is 17.5 Å². The van der Waals surface area contributed by atoms with Gasteiger partial charge in [0.1, 0.15) is 6.54 Å². The molecule has 0 atom stereocenters. The van der Waals surface area contributed by atoms with Gasteiger partial charge in [0.2, 0.25) is 5.91 Å². The number of halogens is 3. The minimum absolute atomic E-state index is 0.440. The monoisotopic (exact) mass is 297 g/mol. The average molecular weight is 297 g/mol. The summed E-state index contributed by atoms with van der Waals surface area (Å²) < 4.78 is 38.4. The van der Waals surface area contributed by atoms with Crippen LogP contribution in [0.3, 0.4) is 0 Å². The Morgan fingerprint density at radius 3 is 2.48 bits per heavy atom. The van der Waals surface area contributed by atoms with Gasteiger partial charge in [-0.2, -0.15) is 13.2 Å². The molecule has 0 spiro atoms. The molecule has 0 unspecified atom stereocenters. The zero-order valence-electron chi connectivity index (χ0n) is 10.6. The Kier molecular flexibility index (Phi) is 4.06. The number of pyridine rings is 2. The first-order chi connectivity index (χ1) is 9.86. The number of anilines is 1. The van der Waals surface area contributed by atoms with E-state index < -0.39 is 29.8 Å². The Balaban J connectivity index is 2.16. The van der Waals surface area contributed by atoms with E-state index in [9.17, 15) is 22.8 Å². The van der Waals surface area contributed by atoms with Crippen LogP contribution in [-0.4, -0.2) is 15.5 Å². The number of nitrogens with zero attached hydrogens (tertiary/aromatic N) is 2. The number of aromatic nitrogens is 2. The van der Waals surface area contributed by atoms with Crippen LogP contribution in [0.4, 0.5) is 18.9 Å². The zero-order valence-corrected chi connectivity index (χ0v) is 10.6. The van der Waals surface area contributed by atoms with E-state index in [4.69, 9.17) is 0 Å². The maximum Gasteiger partial charge on any atom is 0.417 e. The average Bonchev–Trinajstić information content (AvgIpc) is 2.41. The molecule has 0 bridgehead atoms. The van der Waals surface area contributed by atoms with Crippen LogP contribution in [0.25, 0.3) is 0 Å². The van der Waals surface area contributed by atoms with Crippen molar-refractivity contribution in [3.63, 3.8) is 0 Å². The SMILES string of the molecule is O=C(Cn1cc(C(F)(F)F)ccc1=O)Nc1ccncc1. The molecule has 0 fully saturated rings. The second-order valence-corrected chi connectivity index (χ2v) is 4.17. The molecule has 0 aliphatic heterocycles. The fourth-order valence-corrected chi connectivity index (χ4v) is 1.61. The van der Waals surface area contributed by atoms with E-state index in [1.165, 1.54) is 24.5 Å². The first kappa shape index (κ1) is 14.8. The molecule has 0 aliphatic carbocycles. The van der Waals surface area contributed by atoms with E-state index in [1.54, 1.807) is 0 Å². The molecular weight excluding hydrogens is 287 g/mol. The number of nitrogens with one attached hydrogen (secondary N) is 1. The summed E-state index contributed by atoms with van der Waals surface area (Å²) >= 11 is 0. The van der Waals surface area contributed by atoms with Gasteiger partial charge >= 0.3 is 6.18 Å². The fraction of sp³-hybridized carbons (Fsp3) is 0.154. The van der Waals surface area contributed by atoms with Crippen LogP contribution in [0.5, 0.6) is 0 Å². The summed E-state index contributed by atoms with van der Waals surface area (Å²) in [6.45, 7) is -0.509. The van der Waals surface area contributed by atoms with Gasteiger partial charge in [-0.05, 0) is 18.2 Å². The van der Waals surface area contributed by atoms with Gasteiger partial charge in [0.05, 0.1) is 5.56 Å². The first-order valence-corrected chi connectivity index (χ1v) is 5.84. The van der Waals surface area contributed by atoms with E-state index in [2.05, 4.69) is 10.3 Å². The molecule has 5 nitrogen and oxygen atoms in total. The van der Waals surface area contributed by atoms with Gasteiger partial charge < -0.3 is 9.88 Å². The number of amides is 1. The van der Waals surface area contributed by atoms with Crippen LogP contribution in [0.2, 0.25) is 0 Å². The highest BCUT2D eigenvalue weighted by Crippen LogP contribution is 2.27. The number of alkyl halides is 3. The highest BCUT2D eigenvalue weighted by Gasteiger charge is 2.31. The molecule has 2 heterocycles. The van der Waals surface area contributed by atoms with E-state index in [-0.39, 0.29) is 0 Å². The van der Waals surface area contributed by atoms with Crippen molar-refractivity contribution in [3.05, 3.63) is 58.8 Å². The van der Waals surface area contributed by atoms with Gasteiger partial charge in [-0.3, -0.25) is 14.6 Å². The van der Waals surface area contributed by atoms with E-state index in [0.717, 1.165) is 6.07 Å². The molecule has 110 valence electrons. The van der Waals surface area contributed by atoms with Crippen LogP contribution < -0.4 is 10.9 Å². The molecule has 1 amide bonds. The Labute approximate surface area is 117 Å². The predicted molar refractivity (Wildman–Crippen MR) is 68.6 cm³/mol. The lowest BCUT2D eigenvalue weighted by Crippen LogP contribution is -2.28. The van der Waals surface area contributed by atoms with Crippen molar-refractivity contribution in [2.75, 3.05) is 5.32 Å². The van der Waals surface area contributed by atoms with Crippen LogP contribution in [0, 0.1) is 0 Å². The van der Waals surface area contributed by atoms with Gasteiger partial charge in [-0.1, -0.05) is 0 Å².